The van der Waals surface area contributed by atoms with E-state index in [1.807, 2.05) is 4.90 Å². The molecule has 0 bridgehead atoms. The maximum Gasteiger partial charge on any atom is 0.331 e. The van der Waals surface area contributed by atoms with E-state index in [0.29, 0.717) is 26.2 Å². The van der Waals surface area contributed by atoms with Gasteiger partial charge in [0.15, 0.2) is 0 Å². The van der Waals surface area contributed by atoms with Crippen molar-refractivity contribution >= 4 is 15.2 Å². The van der Waals surface area contributed by atoms with Crippen molar-refractivity contribution in [1.29, 1.82) is 0 Å². The van der Waals surface area contributed by atoms with Crippen molar-refractivity contribution in [2.45, 2.75) is 6.42 Å². The lowest BCUT2D eigenvalue weighted by molar-refractivity contribution is 0.173. The van der Waals surface area contributed by atoms with Gasteiger partial charge in [-0.15, -0.1) is 0 Å². The topological polar surface area (TPSA) is 83.5 Å². The monoisotopic (exact) mass is 361 g/mol. The fourth-order valence-corrected chi connectivity index (χ4v) is 3.89. The van der Waals surface area contributed by atoms with Crippen molar-refractivity contribution in [3.63, 3.8) is 0 Å². The van der Waals surface area contributed by atoms with Crippen molar-refractivity contribution in [1.82, 2.24) is 4.90 Å². The van der Waals surface area contributed by atoms with E-state index in [0.717, 1.165) is 6.42 Å². The minimum absolute atomic E-state index is 0.261. The zero-order chi connectivity index (χ0) is 17.1. The van der Waals surface area contributed by atoms with Crippen LogP contribution in [-0.4, -0.2) is 79.0 Å². The second-order valence-electron chi connectivity index (χ2n) is 4.59. The van der Waals surface area contributed by atoms with Crippen molar-refractivity contribution in [3.05, 3.63) is 0 Å². The molecular weight excluding hydrogens is 332 g/mol. The molecule has 0 aromatic rings. The molecule has 0 spiro atoms. The first-order valence-corrected chi connectivity index (χ1v) is 10.5. The van der Waals surface area contributed by atoms with Gasteiger partial charge in [-0.3, -0.25) is 9.13 Å². The molecular formula is C12H29NO7P2. The number of rotatable bonds is 14. The Kier molecular flexibility index (Phi) is 11.8. The number of nitrogens with zero attached hydrogens (tertiary/aromatic N) is 1. The molecule has 0 aromatic carbocycles. The smallest absolute Gasteiger partial charge is 0.331 e. The normalized spacial score (nSPS) is 13.0. The van der Waals surface area contributed by atoms with Gasteiger partial charge in [0.25, 0.3) is 0 Å². The number of hydrogen-bond donors (Lipinski definition) is 0. The Morgan fingerprint density at radius 2 is 1.14 bits per heavy atom. The third kappa shape index (κ3) is 8.75. The molecule has 0 aromatic heterocycles. The van der Waals surface area contributed by atoms with E-state index in [-0.39, 0.29) is 12.3 Å². The average Bonchev–Trinajstić information content (AvgIpc) is 2.56. The Hall–Kier alpha value is 0.220. The summed E-state index contributed by atoms with van der Waals surface area (Å²) in [6.07, 6.45) is 1.33. The van der Waals surface area contributed by atoms with Gasteiger partial charge in [-0.1, -0.05) is 0 Å². The van der Waals surface area contributed by atoms with Gasteiger partial charge in [0.1, 0.15) is 0 Å². The second kappa shape index (κ2) is 11.7. The van der Waals surface area contributed by atoms with Crippen LogP contribution in [0, 0.1) is 0 Å². The van der Waals surface area contributed by atoms with Gasteiger partial charge in [0.05, 0.1) is 12.3 Å². The molecule has 0 N–H and O–H groups in total. The highest BCUT2D eigenvalue weighted by Gasteiger charge is 2.25. The molecule has 0 heterocycles. The molecule has 134 valence electrons. The molecule has 0 aliphatic rings. The molecule has 0 amide bonds. The molecule has 0 saturated carbocycles. The number of methoxy groups -OCH3 is 1. The van der Waals surface area contributed by atoms with Gasteiger partial charge in [-0.05, 0) is 6.42 Å². The van der Waals surface area contributed by atoms with Crippen molar-refractivity contribution in [2.75, 3.05) is 74.1 Å². The van der Waals surface area contributed by atoms with Gasteiger partial charge >= 0.3 is 15.2 Å². The summed E-state index contributed by atoms with van der Waals surface area (Å²) >= 11 is 0. The Morgan fingerprint density at radius 1 is 0.727 bits per heavy atom. The van der Waals surface area contributed by atoms with Gasteiger partial charge in [0.2, 0.25) is 0 Å². The minimum Gasteiger partial charge on any atom is -0.385 e. The largest absolute Gasteiger partial charge is 0.385 e. The summed E-state index contributed by atoms with van der Waals surface area (Å²) in [6, 6.07) is 0. The van der Waals surface area contributed by atoms with E-state index in [9.17, 15) is 9.13 Å². The minimum atomic E-state index is -3.06. The standard InChI is InChI=1S/C12H29NO7P2/c1-16-10-6-7-13(8-11-21(14,17-2)18-3)9-12-22(15,19-4)20-5/h6-12H2,1-5H3. The molecule has 0 fully saturated rings. The maximum absolute atomic E-state index is 12.1. The Balaban J connectivity index is 4.55. The Bertz CT molecular complexity index is 334. The highest BCUT2D eigenvalue weighted by molar-refractivity contribution is 7.54. The van der Waals surface area contributed by atoms with Crippen LogP contribution >= 0.6 is 15.2 Å². The van der Waals surface area contributed by atoms with E-state index >= 15 is 0 Å². The fourth-order valence-electron chi connectivity index (χ4n) is 1.81. The third-order valence-corrected chi connectivity index (χ3v) is 7.04. The van der Waals surface area contributed by atoms with Crippen LogP contribution in [-0.2, 0) is 32.0 Å². The second-order valence-corrected chi connectivity index (χ2v) is 9.39. The Morgan fingerprint density at radius 3 is 1.45 bits per heavy atom. The zero-order valence-electron chi connectivity index (χ0n) is 14.1. The van der Waals surface area contributed by atoms with Crippen LogP contribution in [0.2, 0.25) is 0 Å². The van der Waals surface area contributed by atoms with Crippen molar-refractivity contribution in [2.24, 2.45) is 0 Å². The number of ether oxygens (including phenoxy) is 1. The van der Waals surface area contributed by atoms with Crippen LogP contribution in [0.15, 0.2) is 0 Å². The number of hydrogen-bond acceptors (Lipinski definition) is 8. The van der Waals surface area contributed by atoms with Crippen LogP contribution in [0.3, 0.4) is 0 Å². The SMILES string of the molecule is COCCCN(CCP(=O)(OC)OC)CCP(=O)(OC)OC. The van der Waals surface area contributed by atoms with E-state index in [2.05, 4.69) is 0 Å². The Labute approximate surface area is 133 Å². The first kappa shape index (κ1) is 22.2. The van der Waals surface area contributed by atoms with Gasteiger partial charge in [-0.2, -0.15) is 0 Å². The molecule has 0 radical (unpaired) electrons. The summed E-state index contributed by atoms with van der Waals surface area (Å²) in [5.41, 5.74) is 0. The van der Waals surface area contributed by atoms with Crippen molar-refractivity contribution in [3.8, 4) is 0 Å². The van der Waals surface area contributed by atoms with Crippen LogP contribution in [0.5, 0.6) is 0 Å². The predicted molar refractivity (Wildman–Crippen MR) is 85.9 cm³/mol. The van der Waals surface area contributed by atoms with Gasteiger partial charge in [-0.25, -0.2) is 0 Å². The first-order valence-electron chi connectivity index (χ1n) is 7.01. The summed E-state index contributed by atoms with van der Waals surface area (Å²) in [5, 5.41) is 0. The fraction of sp³-hybridized carbons (Fsp3) is 1.00. The maximum atomic E-state index is 12.1. The van der Waals surface area contributed by atoms with Gasteiger partial charge in [0, 0.05) is 61.8 Å². The molecule has 0 saturated heterocycles. The van der Waals surface area contributed by atoms with Crippen molar-refractivity contribution < 1.29 is 32.0 Å². The highest BCUT2D eigenvalue weighted by Crippen LogP contribution is 2.47. The molecule has 0 aliphatic carbocycles. The van der Waals surface area contributed by atoms with Crippen LogP contribution in [0.25, 0.3) is 0 Å². The lowest BCUT2D eigenvalue weighted by Crippen LogP contribution is -2.32. The quantitative estimate of drug-likeness (QED) is 0.344. The van der Waals surface area contributed by atoms with Crippen LogP contribution in [0.1, 0.15) is 6.42 Å². The zero-order valence-corrected chi connectivity index (χ0v) is 15.9. The van der Waals surface area contributed by atoms with Crippen LogP contribution in [0.4, 0.5) is 0 Å². The molecule has 10 heteroatoms. The molecule has 22 heavy (non-hydrogen) atoms. The molecule has 0 rings (SSSR count). The summed E-state index contributed by atoms with van der Waals surface area (Å²) < 4.78 is 48.9. The molecule has 8 nitrogen and oxygen atoms in total. The van der Waals surface area contributed by atoms with Gasteiger partial charge < -0.3 is 27.7 Å². The predicted octanol–water partition coefficient (Wildman–Crippen LogP) is 2.30. The molecule has 0 unspecified atom stereocenters. The van der Waals surface area contributed by atoms with Crippen LogP contribution < -0.4 is 0 Å². The average molecular weight is 361 g/mol. The molecule has 0 aliphatic heterocycles. The molecule has 0 atom stereocenters. The summed E-state index contributed by atoms with van der Waals surface area (Å²) in [6.45, 7) is 2.33. The summed E-state index contributed by atoms with van der Waals surface area (Å²) in [4.78, 5) is 2.02. The summed E-state index contributed by atoms with van der Waals surface area (Å²) in [5.74, 6) is 0. The highest BCUT2D eigenvalue weighted by atomic mass is 31.2. The first-order chi connectivity index (χ1) is 10.4. The van der Waals surface area contributed by atoms with E-state index in [4.69, 9.17) is 22.8 Å². The lowest BCUT2D eigenvalue weighted by Gasteiger charge is -2.25. The van der Waals surface area contributed by atoms with E-state index < -0.39 is 15.2 Å². The summed E-state index contributed by atoms with van der Waals surface area (Å²) in [7, 11) is 0.982. The van der Waals surface area contributed by atoms with E-state index in [1.54, 1.807) is 7.11 Å². The lowest BCUT2D eigenvalue weighted by atomic mass is 10.4. The van der Waals surface area contributed by atoms with E-state index in [1.165, 1.54) is 28.4 Å². The third-order valence-electron chi connectivity index (χ3n) is 3.32.